The SMILES string of the molecule is CCc1ccc(C2C(C(=O)c3cc4cc(Cl)ccc4o3)=C(O)C(=O)N2c2ccc(F)c(Cl)c2)cc1. The molecule has 0 fully saturated rings. The van der Waals surface area contributed by atoms with Gasteiger partial charge in [-0.1, -0.05) is 54.4 Å². The van der Waals surface area contributed by atoms with Crippen LogP contribution in [0.25, 0.3) is 11.0 Å². The number of rotatable bonds is 5. The van der Waals surface area contributed by atoms with Crippen molar-refractivity contribution in [3.05, 3.63) is 111 Å². The number of aryl methyl sites for hydroxylation is 1. The molecule has 3 aromatic carbocycles. The topological polar surface area (TPSA) is 70.7 Å². The number of hydrogen-bond donors (Lipinski definition) is 1. The summed E-state index contributed by atoms with van der Waals surface area (Å²) in [5, 5.41) is 11.8. The van der Waals surface area contributed by atoms with Gasteiger partial charge in [-0.15, -0.1) is 0 Å². The number of carbonyl (C=O) groups is 2. The van der Waals surface area contributed by atoms with E-state index in [1.165, 1.54) is 23.1 Å². The Balaban J connectivity index is 1.66. The Morgan fingerprint density at radius 3 is 2.49 bits per heavy atom. The van der Waals surface area contributed by atoms with E-state index in [1.807, 2.05) is 19.1 Å². The van der Waals surface area contributed by atoms with Gasteiger partial charge in [0.05, 0.1) is 16.6 Å². The van der Waals surface area contributed by atoms with Gasteiger partial charge >= 0.3 is 0 Å². The Morgan fingerprint density at radius 1 is 1.06 bits per heavy atom. The molecule has 0 saturated heterocycles. The fourth-order valence-electron chi connectivity index (χ4n) is 4.25. The second kappa shape index (κ2) is 8.87. The van der Waals surface area contributed by atoms with Gasteiger partial charge in [0, 0.05) is 16.1 Å². The normalized spacial score (nSPS) is 15.9. The Bertz CT molecular complexity index is 1520. The summed E-state index contributed by atoms with van der Waals surface area (Å²) in [5.41, 5.74) is 2.17. The summed E-state index contributed by atoms with van der Waals surface area (Å²) in [4.78, 5) is 28.1. The van der Waals surface area contributed by atoms with E-state index in [1.54, 1.807) is 30.3 Å². The van der Waals surface area contributed by atoms with Gasteiger partial charge in [0.25, 0.3) is 5.91 Å². The van der Waals surface area contributed by atoms with Crippen molar-refractivity contribution >= 4 is 51.5 Å². The number of nitrogens with zero attached hydrogens (tertiary/aromatic N) is 1. The lowest BCUT2D eigenvalue weighted by Crippen LogP contribution is -2.31. The Kier molecular flexibility index (Phi) is 5.87. The van der Waals surface area contributed by atoms with E-state index in [0.717, 1.165) is 18.1 Å². The van der Waals surface area contributed by atoms with Crippen molar-refractivity contribution in [2.75, 3.05) is 4.90 Å². The van der Waals surface area contributed by atoms with E-state index in [4.69, 9.17) is 27.6 Å². The molecule has 1 atom stereocenters. The third-order valence-corrected chi connectivity index (χ3v) is 6.56. The van der Waals surface area contributed by atoms with Crippen LogP contribution in [0.2, 0.25) is 10.0 Å². The first-order valence-electron chi connectivity index (χ1n) is 10.8. The third-order valence-electron chi connectivity index (χ3n) is 6.04. The summed E-state index contributed by atoms with van der Waals surface area (Å²) in [5.74, 6) is -2.87. The number of carbonyl (C=O) groups excluding carboxylic acids is 2. The molecule has 1 amide bonds. The highest BCUT2D eigenvalue weighted by molar-refractivity contribution is 6.31. The van der Waals surface area contributed by atoms with Crippen LogP contribution in [0.4, 0.5) is 10.1 Å². The molecule has 2 heterocycles. The predicted molar refractivity (Wildman–Crippen MR) is 133 cm³/mol. The average Bonchev–Trinajstić information content (AvgIpc) is 3.39. The smallest absolute Gasteiger partial charge is 0.294 e. The molecule has 35 heavy (non-hydrogen) atoms. The maximum Gasteiger partial charge on any atom is 0.294 e. The summed E-state index contributed by atoms with van der Waals surface area (Å²) in [6.45, 7) is 2.01. The molecule has 1 N–H and O–H groups in total. The van der Waals surface area contributed by atoms with Gasteiger partial charge in [0.1, 0.15) is 11.4 Å². The van der Waals surface area contributed by atoms with Crippen LogP contribution in [0.5, 0.6) is 0 Å². The Hall–Kier alpha value is -3.61. The van der Waals surface area contributed by atoms with E-state index >= 15 is 0 Å². The molecule has 176 valence electrons. The Labute approximate surface area is 210 Å². The summed E-state index contributed by atoms with van der Waals surface area (Å²) in [6, 6.07) is 16.6. The minimum absolute atomic E-state index is 0.0502. The van der Waals surface area contributed by atoms with Crippen LogP contribution in [0.1, 0.15) is 34.6 Å². The molecule has 1 aliphatic rings. The van der Waals surface area contributed by atoms with Crippen LogP contribution in [-0.2, 0) is 11.2 Å². The largest absolute Gasteiger partial charge is 0.503 e. The number of anilines is 1. The molecule has 1 unspecified atom stereocenters. The van der Waals surface area contributed by atoms with Crippen molar-refractivity contribution in [2.24, 2.45) is 0 Å². The molecule has 4 aromatic rings. The lowest BCUT2D eigenvalue weighted by molar-refractivity contribution is -0.117. The van der Waals surface area contributed by atoms with Crippen LogP contribution in [0, 0.1) is 5.82 Å². The molecule has 0 bridgehead atoms. The summed E-state index contributed by atoms with van der Waals surface area (Å²) >= 11 is 12.0. The van der Waals surface area contributed by atoms with E-state index in [-0.39, 0.29) is 22.0 Å². The van der Waals surface area contributed by atoms with Gasteiger partial charge in [-0.2, -0.15) is 0 Å². The molecule has 5 rings (SSSR count). The van der Waals surface area contributed by atoms with E-state index in [0.29, 0.717) is 21.6 Å². The van der Waals surface area contributed by atoms with Crippen LogP contribution >= 0.6 is 23.2 Å². The van der Waals surface area contributed by atoms with Crippen molar-refractivity contribution < 1.29 is 23.5 Å². The number of aliphatic hydroxyl groups is 1. The molecule has 8 heteroatoms. The number of aliphatic hydroxyl groups excluding tert-OH is 1. The van der Waals surface area contributed by atoms with Gasteiger partial charge in [0.2, 0.25) is 5.78 Å². The van der Waals surface area contributed by atoms with Crippen LogP contribution in [0.3, 0.4) is 0 Å². The first-order valence-corrected chi connectivity index (χ1v) is 11.6. The molecule has 0 radical (unpaired) electrons. The molecular weight excluding hydrogens is 492 g/mol. The summed E-state index contributed by atoms with van der Waals surface area (Å²) in [6.07, 6.45) is 0.801. The zero-order valence-corrected chi connectivity index (χ0v) is 19.9. The van der Waals surface area contributed by atoms with E-state index < -0.39 is 29.3 Å². The molecular formula is C27H18Cl2FNO4. The van der Waals surface area contributed by atoms with Gasteiger partial charge in [-0.25, -0.2) is 4.39 Å². The third kappa shape index (κ3) is 3.99. The summed E-state index contributed by atoms with van der Waals surface area (Å²) in [7, 11) is 0. The second-order valence-electron chi connectivity index (χ2n) is 8.16. The molecule has 1 aliphatic heterocycles. The number of furan rings is 1. The molecule has 0 aliphatic carbocycles. The number of benzene rings is 3. The van der Waals surface area contributed by atoms with Gasteiger partial charge < -0.3 is 9.52 Å². The zero-order valence-electron chi connectivity index (χ0n) is 18.4. The summed E-state index contributed by atoms with van der Waals surface area (Å²) < 4.78 is 19.6. The molecule has 0 saturated carbocycles. The number of fused-ring (bicyclic) bond motifs is 1. The first-order chi connectivity index (χ1) is 16.8. The maximum absolute atomic E-state index is 13.8. The van der Waals surface area contributed by atoms with Gasteiger partial charge in [0.15, 0.2) is 11.5 Å². The minimum atomic E-state index is -0.987. The second-order valence-corrected chi connectivity index (χ2v) is 9.00. The number of halogens is 3. The van der Waals surface area contributed by atoms with Crippen molar-refractivity contribution in [3.8, 4) is 0 Å². The molecule has 5 nitrogen and oxygen atoms in total. The first kappa shape index (κ1) is 23.1. The monoisotopic (exact) mass is 509 g/mol. The van der Waals surface area contributed by atoms with Crippen molar-refractivity contribution in [2.45, 2.75) is 19.4 Å². The molecule has 1 aromatic heterocycles. The van der Waals surface area contributed by atoms with Gasteiger partial charge in [-0.05, 0) is 60.0 Å². The number of Topliss-reactive ketones (excluding diaryl/α,β-unsaturated/α-hetero) is 1. The van der Waals surface area contributed by atoms with Crippen LogP contribution < -0.4 is 4.90 Å². The zero-order chi connectivity index (χ0) is 24.9. The average molecular weight is 510 g/mol. The van der Waals surface area contributed by atoms with Crippen molar-refractivity contribution in [3.63, 3.8) is 0 Å². The lowest BCUT2D eigenvalue weighted by Gasteiger charge is -2.27. The highest BCUT2D eigenvalue weighted by Crippen LogP contribution is 2.43. The minimum Gasteiger partial charge on any atom is -0.503 e. The van der Waals surface area contributed by atoms with Crippen LogP contribution in [0.15, 0.2) is 82.5 Å². The van der Waals surface area contributed by atoms with E-state index in [2.05, 4.69) is 0 Å². The highest BCUT2D eigenvalue weighted by atomic mass is 35.5. The van der Waals surface area contributed by atoms with Crippen molar-refractivity contribution in [1.29, 1.82) is 0 Å². The number of ketones is 1. The standard InChI is InChI=1S/C27H18Cl2FNO4/c1-2-14-3-5-15(6-4-14)24-23(25(32)22-12-16-11-17(28)7-10-21(16)35-22)26(33)27(34)31(24)18-8-9-20(30)19(29)13-18/h3-13,24,33H,2H2,1H3. The highest BCUT2D eigenvalue weighted by Gasteiger charge is 2.45. The van der Waals surface area contributed by atoms with Crippen LogP contribution in [-0.4, -0.2) is 16.8 Å². The van der Waals surface area contributed by atoms with Crippen molar-refractivity contribution in [1.82, 2.24) is 0 Å². The molecule has 0 spiro atoms. The van der Waals surface area contributed by atoms with Gasteiger partial charge in [-0.3, -0.25) is 14.5 Å². The number of amides is 1. The number of hydrogen-bond acceptors (Lipinski definition) is 4. The Morgan fingerprint density at radius 2 is 1.80 bits per heavy atom. The lowest BCUT2D eigenvalue weighted by atomic mass is 9.94. The quantitative estimate of drug-likeness (QED) is 0.288. The fourth-order valence-corrected chi connectivity index (χ4v) is 4.60. The maximum atomic E-state index is 13.8. The van der Waals surface area contributed by atoms with E-state index in [9.17, 15) is 19.1 Å². The fraction of sp³-hybridized carbons (Fsp3) is 0.111. The predicted octanol–water partition coefficient (Wildman–Crippen LogP) is 7.22.